The molecule has 0 aromatic heterocycles. The first-order valence-electron chi connectivity index (χ1n) is 9.87. The quantitative estimate of drug-likeness (QED) is 0.543. The first-order valence-corrected chi connectivity index (χ1v) is 9.87. The van der Waals surface area contributed by atoms with Crippen molar-refractivity contribution in [2.24, 2.45) is 4.99 Å². The van der Waals surface area contributed by atoms with Gasteiger partial charge in [-0.15, -0.1) is 0 Å². The summed E-state index contributed by atoms with van der Waals surface area (Å²) < 4.78 is 0. The molecule has 0 saturated carbocycles. The zero-order valence-corrected chi connectivity index (χ0v) is 16.1. The lowest BCUT2D eigenvalue weighted by Gasteiger charge is -2.34. The minimum absolute atomic E-state index is 0.312. The minimum atomic E-state index is 0.312. The SMILES string of the molecule is CCNC(=NCCc1cccc(O)c1)NC1CCN(c2ccccc2)CC1. The Balaban J connectivity index is 1.49. The van der Waals surface area contributed by atoms with Crippen LogP contribution >= 0.6 is 0 Å². The molecule has 1 saturated heterocycles. The molecule has 1 fully saturated rings. The van der Waals surface area contributed by atoms with Gasteiger partial charge in [-0.05, 0) is 56.0 Å². The number of hydrogen-bond acceptors (Lipinski definition) is 3. The van der Waals surface area contributed by atoms with Crippen molar-refractivity contribution in [2.75, 3.05) is 31.1 Å². The van der Waals surface area contributed by atoms with Gasteiger partial charge in [-0.25, -0.2) is 0 Å². The molecule has 0 amide bonds. The molecule has 2 aromatic rings. The number of phenols is 1. The third kappa shape index (κ3) is 5.91. The van der Waals surface area contributed by atoms with Gasteiger partial charge >= 0.3 is 0 Å². The number of phenolic OH excluding ortho intramolecular Hbond substituents is 1. The number of piperidine rings is 1. The largest absolute Gasteiger partial charge is 0.508 e. The summed E-state index contributed by atoms with van der Waals surface area (Å²) in [5.74, 6) is 1.20. The number of guanidine groups is 1. The van der Waals surface area contributed by atoms with Crippen molar-refractivity contribution < 1.29 is 5.11 Å². The van der Waals surface area contributed by atoms with E-state index in [4.69, 9.17) is 4.99 Å². The van der Waals surface area contributed by atoms with E-state index in [2.05, 4.69) is 52.8 Å². The van der Waals surface area contributed by atoms with Gasteiger partial charge < -0.3 is 20.6 Å². The van der Waals surface area contributed by atoms with Gasteiger partial charge in [-0.2, -0.15) is 0 Å². The summed E-state index contributed by atoms with van der Waals surface area (Å²) in [7, 11) is 0. The molecule has 27 heavy (non-hydrogen) atoms. The van der Waals surface area contributed by atoms with E-state index >= 15 is 0 Å². The molecule has 1 aliphatic rings. The highest BCUT2D eigenvalue weighted by atomic mass is 16.3. The van der Waals surface area contributed by atoms with Crippen LogP contribution in [0.2, 0.25) is 0 Å². The van der Waals surface area contributed by atoms with Gasteiger partial charge in [0.05, 0.1) is 0 Å². The Morgan fingerprint density at radius 2 is 1.89 bits per heavy atom. The van der Waals surface area contributed by atoms with Crippen LogP contribution in [0.4, 0.5) is 5.69 Å². The molecule has 0 unspecified atom stereocenters. The number of para-hydroxylation sites is 1. The fourth-order valence-corrected chi connectivity index (χ4v) is 3.44. The van der Waals surface area contributed by atoms with Crippen molar-refractivity contribution in [3.8, 4) is 5.75 Å². The third-order valence-corrected chi connectivity index (χ3v) is 4.88. The number of nitrogens with one attached hydrogen (secondary N) is 2. The van der Waals surface area contributed by atoms with E-state index in [0.29, 0.717) is 18.3 Å². The molecule has 2 aromatic carbocycles. The maximum absolute atomic E-state index is 9.56. The predicted octanol–water partition coefficient (Wildman–Crippen LogP) is 3.16. The van der Waals surface area contributed by atoms with E-state index in [1.807, 2.05) is 12.1 Å². The molecule has 5 nitrogen and oxygen atoms in total. The minimum Gasteiger partial charge on any atom is -0.508 e. The number of rotatable bonds is 6. The van der Waals surface area contributed by atoms with E-state index in [0.717, 1.165) is 50.4 Å². The highest BCUT2D eigenvalue weighted by Gasteiger charge is 2.20. The lowest BCUT2D eigenvalue weighted by Crippen LogP contribution is -2.48. The summed E-state index contributed by atoms with van der Waals surface area (Å²) in [5.41, 5.74) is 2.41. The van der Waals surface area contributed by atoms with Crippen LogP contribution in [0.3, 0.4) is 0 Å². The number of anilines is 1. The Morgan fingerprint density at radius 1 is 1.11 bits per heavy atom. The normalized spacial score (nSPS) is 15.6. The monoisotopic (exact) mass is 366 g/mol. The molecular weight excluding hydrogens is 336 g/mol. The molecule has 3 rings (SSSR count). The van der Waals surface area contributed by atoms with Crippen LogP contribution in [0, 0.1) is 0 Å². The second kappa shape index (κ2) is 9.86. The second-order valence-corrected chi connectivity index (χ2v) is 6.92. The van der Waals surface area contributed by atoms with Gasteiger partial charge in [0.25, 0.3) is 0 Å². The van der Waals surface area contributed by atoms with Crippen LogP contribution in [0.25, 0.3) is 0 Å². The van der Waals surface area contributed by atoms with Gasteiger partial charge in [0.2, 0.25) is 0 Å². The highest BCUT2D eigenvalue weighted by molar-refractivity contribution is 5.80. The fraction of sp³-hybridized carbons (Fsp3) is 0.409. The number of benzene rings is 2. The van der Waals surface area contributed by atoms with Gasteiger partial charge in [-0.3, -0.25) is 4.99 Å². The Labute approximate surface area is 162 Å². The third-order valence-electron chi connectivity index (χ3n) is 4.88. The summed E-state index contributed by atoms with van der Waals surface area (Å²) in [4.78, 5) is 7.16. The van der Waals surface area contributed by atoms with Crippen LogP contribution in [0.15, 0.2) is 59.6 Å². The van der Waals surface area contributed by atoms with E-state index < -0.39 is 0 Å². The molecule has 0 atom stereocenters. The van der Waals surface area contributed by atoms with Crippen LogP contribution in [0.1, 0.15) is 25.3 Å². The van der Waals surface area contributed by atoms with Crippen molar-refractivity contribution in [1.29, 1.82) is 0 Å². The van der Waals surface area contributed by atoms with Crippen molar-refractivity contribution in [3.63, 3.8) is 0 Å². The topological polar surface area (TPSA) is 59.9 Å². The lowest BCUT2D eigenvalue weighted by atomic mass is 10.0. The number of aromatic hydroxyl groups is 1. The summed E-state index contributed by atoms with van der Waals surface area (Å²) >= 11 is 0. The van der Waals surface area contributed by atoms with Crippen LogP contribution < -0.4 is 15.5 Å². The first kappa shape index (κ1) is 19.1. The van der Waals surface area contributed by atoms with Gasteiger partial charge in [0.1, 0.15) is 5.75 Å². The maximum Gasteiger partial charge on any atom is 0.191 e. The lowest BCUT2D eigenvalue weighted by molar-refractivity contribution is 0.461. The molecule has 0 radical (unpaired) electrons. The Hall–Kier alpha value is -2.69. The Morgan fingerprint density at radius 3 is 2.59 bits per heavy atom. The summed E-state index contributed by atoms with van der Waals surface area (Å²) in [6, 6.07) is 18.5. The molecule has 0 spiro atoms. The van der Waals surface area contributed by atoms with E-state index in [1.54, 1.807) is 12.1 Å². The highest BCUT2D eigenvalue weighted by Crippen LogP contribution is 2.19. The average Bonchev–Trinajstić information content (AvgIpc) is 2.69. The average molecular weight is 367 g/mol. The predicted molar refractivity (Wildman–Crippen MR) is 113 cm³/mol. The molecule has 5 heteroatoms. The zero-order valence-electron chi connectivity index (χ0n) is 16.1. The number of hydrogen-bond donors (Lipinski definition) is 3. The van der Waals surface area contributed by atoms with Crippen LogP contribution in [0.5, 0.6) is 5.75 Å². The second-order valence-electron chi connectivity index (χ2n) is 6.92. The first-order chi connectivity index (χ1) is 13.2. The molecule has 144 valence electrons. The smallest absolute Gasteiger partial charge is 0.191 e. The summed E-state index contributed by atoms with van der Waals surface area (Å²) in [6.45, 7) is 5.75. The van der Waals surface area contributed by atoms with E-state index in [9.17, 15) is 5.11 Å². The molecule has 0 aliphatic carbocycles. The van der Waals surface area contributed by atoms with Crippen molar-refractivity contribution in [3.05, 3.63) is 60.2 Å². The molecule has 1 aliphatic heterocycles. The van der Waals surface area contributed by atoms with Gasteiger partial charge in [0.15, 0.2) is 5.96 Å². The van der Waals surface area contributed by atoms with E-state index in [-0.39, 0.29) is 0 Å². The van der Waals surface area contributed by atoms with Crippen molar-refractivity contribution >= 4 is 11.6 Å². The Bertz CT molecular complexity index is 724. The van der Waals surface area contributed by atoms with Crippen molar-refractivity contribution in [1.82, 2.24) is 10.6 Å². The fourth-order valence-electron chi connectivity index (χ4n) is 3.44. The standard InChI is InChI=1S/C22H30N4O/c1-2-23-22(24-14-11-18-7-6-10-21(27)17-18)25-19-12-15-26(16-13-19)20-8-4-3-5-9-20/h3-10,17,19,27H,2,11-16H2,1H3,(H2,23,24,25). The van der Waals surface area contributed by atoms with Crippen LogP contribution in [-0.2, 0) is 6.42 Å². The van der Waals surface area contributed by atoms with Crippen molar-refractivity contribution in [2.45, 2.75) is 32.2 Å². The van der Waals surface area contributed by atoms with Crippen LogP contribution in [-0.4, -0.2) is 43.3 Å². The summed E-state index contributed by atoms with van der Waals surface area (Å²) in [6.07, 6.45) is 3.02. The van der Waals surface area contributed by atoms with Gasteiger partial charge in [0, 0.05) is 37.9 Å². The molecule has 3 N–H and O–H groups in total. The van der Waals surface area contributed by atoms with Gasteiger partial charge in [-0.1, -0.05) is 30.3 Å². The maximum atomic E-state index is 9.56. The number of nitrogens with zero attached hydrogens (tertiary/aromatic N) is 2. The zero-order chi connectivity index (χ0) is 18.9. The molecule has 0 bridgehead atoms. The number of aliphatic imine (C=N–C) groups is 1. The van der Waals surface area contributed by atoms with E-state index in [1.165, 1.54) is 5.69 Å². The summed E-state index contributed by atoms with van der Waals surface area (Å²) in [5, 5.41) is 16.5. The molecule has 1 heterocycles. The Kier molecular flexibility index (Phi) is 6.97. The molecular formula is C22H30N4O.